The molecular formula is C16H24N2O2S. The summed E-state index contributed by atoms with van der Waals surface area (Å²) in [7, 11) is -3.47. The third-order valence-corrected chi connectivity index (χ3v) is 6.98. The Labute approximate surface area is 127 Å². The molecule has 3 rings (SSSR count). The second kappa shape index (κ2) is 5.29. The number of sulfonamides is 1. The molecule has 21 heavy (non-hydrogen) atoms. The molecule has 5 heteroatoms. The number of nitrogens with one attached hydrogen (secondary N) is 1. The molecule has 2 aliphatic carbocycles. The normalized spacial score (nSPS) is 29.7. The smallest absolute Gasteiger partial charge is 0.241 e. The maximum absolute atomic E-state index is 12.6. The zero-order chi connectivity index (χ0) is 15.2. The maximum atomic E-state index is 12.6. The number of nitrogens with two attached hydrogens (primary N) is 1. The molecule has 4 atom stereocenters. The summed E-state index contributed by atoms with van der Waals surface area (Å²) in [6, 6.07) is 4.95. The Kier molecular flexibility index (Phi) is 3.74. The van der Waals surface area contributed by atoms with Crippen LogP contribution in [-0.4, -0.2) is 14.5 Å². The van der Waals surface area contributed by atoms with Crippen molar-refractivity contribution in [3.63, 3.8) is 0 Å². The summed E-state index contributed by atoms with van der Waals surface area (Å²) in [6.07, 6.45) is 5.06. The zero-order valence-electron chi connectivity index (χ0n) is 12.7. The monoisotopic (exact) mass is 308 g/mol. The van der Waals surface area contributed by atoms with E-state index in [9.17, 15) is 8.42 Å². The fourth-order valence-corrected chi connectivity index (χ4v) is 5.80. The van der Waals surface area contributed by atoms with Crippen LogP contribution in [-0.2, 0) is 10.0 Å². The predicted molar refractivity (Wildman–Crippen MR) is 84.3 cm³/mol. The van der Waals surface area contributed by atoms with E-state index >= 15 is 0 Å². The minimum Gasteiger partial charge on any atom is -0.399 e. The Morgan fingerprint density at radius 2 is 2.05 bits per heavy atom. The van der Waals surface area contributed by atoms with Crippen molar-refractivity contribution >= 4 is 15.7 Å². The second-order valence-corrected chi connectivity index (χ2v) is 8.46. The van der Waals surface area contributed by atoms with Crippen LogP contribution in [0.2, 0.25) is 0 Å². The number of anilines is 1. The van der Waals surface area contributed by atoms with Gasteiger partial charge in [0, 0.05) is 11.7 Å². The van der Waals surface area contributed by atoms with E-state index in [4.69, 9.17) is 5.73 Å². The van der Waals surface area contributed by atoms with Gasteiger partial charge in [-0.1, -0.05) is 6.42 Å². The molecule has 4 unspecified atom stereocenters. The van der Waals surface area contributed by atoms with E-state index in [1.165, 1.54) is 25.7 Å². The van der Waals surface area contributed by atoms with Crippen LogP contribution >= 0.6 is 0 Å². The number of fused-ring (bicyclic) bond motifs is 2. The first-order valence-corrected chi connectivity index (χ1v) is 9.23. The number of nitrogen functional groups attached to an aromatic ring is 1. The van der Waals surface area contributed by atoms with Gasteiger partial charge < -0.3 is 5.73 Å². The molecule has 2 aliphatic rings. The highest BCUT2D eigenvalue weighted by atomic mass is 32.2. The van der Waals surface area contributed by atoms with Gasteiger partial charge in [-0.25, -0.2) is 13.1 Å². The molecule has 2 fully saturated rings. The molecule has 1 aromatic carbocycles. The average molecular weight is 308 g/mol. The zero-order valence-corrected chi connectivity index (χ0v) is 13.5. The quantitative estimate of drug-likeness (QED) is 0.840. The molecule has 0 saturated heterocycles. The van der Waals surface area contributed by atoms with Crippen LogP contribution in [0.3, 0.4) is 0 Å². The highest BCUT2D eigenvalue weighted by Gasteiger charge is 2.42. The summed E-state index contributed by atoms with van der Waals surface area (Å²) in [6.45, 7) is 3.79. The van der Waals surface area contributed by atoms with E-state index in [-0.39, 0.29) is 6.04 Å². The summed E-state index contributed by atoms with van der Waals surface area (Å²) in [4.78, 5) is 0.340. The highest BCUT2D eigenvalue weighted by molar-refractivity contribution is 7.89. The lowest BCUT2D eigenvalue weighted by Crippen LogP contribution is -2.40. The Hall–Kier alpha value is -1.07. The first-order chi connectivity index (χ1) is 9.87. The van der Waals surface area contributed by atoms with Gasteiger partial charge in [0.15, 0.2) is 0 Å². The van der Waals surface area contributed by atoms with Gasteiger partial charge in [0.2, 0.25) is 10.0 Å². The van der Waals surface area contributed by atoms with Crippen molar-refractivity contribution in [1.82, 2.24) is 4.72 Å². The molecule has 0 heterocycles. The third kappa shape index (κ3) is 2.81. The summed E-state index contributed by atoms with van der Waals surface area (Å²) in [5, 5.41) is 0. The van der Waals surface area contributed by atoms with Crippen molar-refractivity contribution in [1.29, 1.82) is 0 Å². The summed E-state index contributed by atoms with van der Waals surface area (Å²) >= 11 is 0. The SMILES string of the molecule is Cc1cc(N)ccc1S(=O)(=O)NC(C)C1CC2CCC1C2. The topological polar surface area (TPSA) is 72.2 Å². The van der Waals surface area contributed by atoms with Crippen LogP contribution in [0.4, 0.5) is 5.69 Å². The molecule has 0 amide bonds. The van der Waals surface area contributed by atoms with E-state index in [2.05, 4.69) is 4.72 Å². The lowest BCUT2D eigenvalue weighted by atomic mass is 9.84. The van der Waals surface area contributed by atoms with Gasteiger partial charge in [0.05, 0.1) is 4.90 Å². The van der Waals surface area contributed by atoms with E-state index in [0.717, 1.165) is 5.92 Å². The van der Waals surface area contributed by atoms with Crippen molar-refractivity contribution in [2.45, 2.75) is 50.5 Å². The number of benzene rings is 1. The van der Waals surface area contributed by atoms with Crippen molar-refractivity contribution in [2.24, 2.45) is 17.8 Å². The Bertz CT molecular complexity index is 642. The molecular weight excluding hydrogens is 284 g/mol. The number of hydrogen-bond donors (Lipinski definition) is 2. The van der Waals surface area contributed by atoms with Gasteiger partial charge in [-0.2, -0.15) is 0 Å². The van der Waals surface area contributed by atoms with Crippen LogP contribution in [0.25, 0.3) is 0 Å². The predicted octanol–water partition coefficient (Wildman–Crippen LogP) is 2.68. The average Bonchev–Trinajstić information content (AvgIpc) is 2.99. The minimum atomic E-state index is -3.47. The van der Waals surface area contributed by atoms with Crippen molar-refractivity contribution < 1.29 is 8.42 Å². The third-order valence-electron chi connectivity index (χ3n) is 5.26. The fraction of sp³-hybridized carbons (Fsp3) is 0.625. The minimum absolute atomic E-state index is 0.00209. The first kappa shape index (κ1) is 14.9. The molecule has 2 bridgehead atoms. The molecule has 0 radical (unpaired) electrons. The van der Waals surface area contributed by atoms with E-state index in [0.29, 0.717) is 28.0 Å². The fourth-order valence-electron chi connectivity index (χ4n) is 4.28. The van der Waals surface area contributed by atoms with Gasteiger partial charge >= 0.3 is 0 Å². The van der Waals surface area contributed by atoms with Gasteiger partial charge in [-0.05, 0) is 74.6 Å². The summed E-state index contributed by atoms with van der Waals surface area (Å²) < 4.78 is 28.1. The first-order valence-electron chi connectivity index (χ1n) is 7.75. The molecule has 2 saturated carbocycles. The number of hydrogen-bond acceptors (Lipinski definition) is 3. The molecule has 3 N–H and O–H groups in total. The Morgan fingerprint density at radius 3 is 2.62 bits per heavy atom. The maximum Gasteiger partial charge on any atom is 0.241 e. The van der Waals surface area contributed by atoms with E-state index in [1.54, 1.807) is 25.1 Å². The van der Waals surface area contributed by atoms with Crippen LogP contribution < -0.4 is 10.5 Å². The molecule has 0 spiro atoms. The van der Waals surface area contributed by atoms with Gasteiger partial charge in [-0.15, -0.1) is 0 Å². The molecule has 0 aliphatic heterocycles. The molecule has 4 nitrogen and oxygen atoms in total. The summed E-state index contributed by atoms with van der Waals surface area (Å²) in [5.74, 6) is 2.03. The Morgan fingerprint density at radius 1 is 1.29 bits per heavy atom. The lowest BCUT2D eigenvalue weighted by molar-refractivity contribution is 0.280. The number of aryl methyl sites for hydroxylation is 1. The summed E-state index contributed by atoms with van der Waals surface area (Å²) in [5.41, 5.74) is 6.98. The van der Waals surface area contributed by atoms with Crippen molar-refractivity contribution in [3.05, 3.63) is 23.8 Å². The highest BCUT2D eigenvalue weighted by Crippen LogP contribution is 2.49. The van der Waals surface area contributed by atoms with Crippen LogP contribution in [0.5, 0.6) is 0 Å². The Balaban J connectivity index is 1.76. The van der Waals surface area contributed by atoms with Crippen molar-refractivity contribution in [3.8, 4) is 0 Å². The molecule has 116 valence electrons. The van der Waals surface area contributed by atoms with Crippen molar-refractivity contribution in [2.75, 3.05) is 5.73 Å². The van der Waals surface area contributed by atoms with Crippen LogP contribution in [0.15, 0.2) is 23.1 Å². The van der Waals surface area contributed by atoms with Crippen LogP contribution in [0.1, 0.15) is 38.2 Å². The van der Waals surface area contributed by atoms with E-state index < -0.39 is 10.0 Å². The lowest BCUT2D eigenvalue weighted by Gasteiger charge is -2.28. The number of rotatable bonds is 4. The standard InChI is InChI=1S/C16H24N2O2S/c1-10-7-14(17)5-6-16(10)21(19,20)18-11(2)15-9-12-3-4-13(15)8-12/h5-7,11-13,15,18H,3-4,8-9,17H2,1-2H3. The van der Waals surface area contributed by atoms with Gasteiger partial charge in [-0.3, -0.25) is 0 Å². The van der Waals surface area contributed by atoms with Gasteiger partial charge in [0.25, 0.3) is 0 Å². The van der Waals surface area contributed by atoms with E-state index in [1.807, 2.05) is 6.92 Å². The largest absolute Gasteiger partial charge is 0.399 e. The van der Waals surface area contributed by atoms with Crippen LogP contribution in [0, 0.1) is 24.7 Å². The molecule has 1 aromatic rings. The second-order valence-electron chi connectivity index (χ2n) is 6.77. The molecule has 0 aromatic heterocycles. The van der Waals surface area contributed by atoms with Gasteiger partial charge in [0.1, 0.15) is 0 Å².